The average molecular weight is 310 g/mol. The predicted octanol–water partition coefficient (Wildman–Crippen LogP) is 3.42. The van der Waals surface area contributed by atoms with Crippen LogP contribution in [0.3, 0.4) is 0 Å². The maximum Gasteiger partial charge on any atom is 0.434 e. The van der Waals surface area contributed by atoms with Crippen LogP contribution in [0.5, 0.6) is 0 Å². The minimum absolute atomic E-state index is 0.445. The Morgan fingerprint density at radius 2 is 1.77 bits per heavy atom. The Hall–Kier alpha value is -0.940. The summed E-state index contributed by atoms with van der Waals surface area (Å²) in [6.07, 6.45) is 6.17. The molecule has 1 amide bonds. The van der Waals surface area contributed by atoms with Crippen molar-refractivity contribution in [2.24, 2.45) is 4.99 Å². The summed E-state index contributed by atoms with van der Waals surface area (Å²) in [7, 11) is 1.76. The number of nitrogens with zero attached hydrogens (tertiary/aromatic N) is 2. The minimum atomic E-state index is -0.471. The van der Waals surface area contributed by atoms with Gasteiger partial charge in [-0.15, -0.1) is 0 Å². The third-order valence-corrected chi connectivity index (χ3v) is 4.21. The molecule has 0 aliphatic heterocycles. The molecule has 2 rings (SSSR count). The van der Waals surface area contributed by atoms with Gasteiger partial charge in [-0.1, -0.05) is 0 Å². The lowest BCUT2D eigenvalue weighted by Crippen LogP contribution is -2.41. The first-order chi connectivity index (χ1) is 10.4. The highest BCUT2D eigenvalue weighted by atomic mass is 16.6. The Morgan fingerprint density at radius 3 is 2.27 bits per heavy atom. The fraction of sp³-hybridized carbons (Fsp3) is 0.882. The molecule has 2 saturated carbocycles. The molecule has 0 aromatic heterocycles. The van der Waals surface area contributed by atoms with E-state index in [4.69, 9.17) is 9.47 Å². The van der Waals surface area contributed by atoms with E-state index in [1.807, 2.05) is 20.8 Å². The van der Waals surface area contributed by atoms with Gasteiger partial charge in [-0.3, -0.25) is 4.90 Å². The van der Waals surface area contributed by atoms with E-state index in [0.717, 1.165) is 50.6 Å². The summed E-state index contributed by atoms with van der Waals surface area (Å²) >= 11 is 0. The quantitative estimate of drug-likeness (QED) is 0.781. The second-order valence-corrected chi connectivity index (χ2v) is 7.35. The van der Waals surface area contributed by atoms with E-state index in [2.05, 4.69) is 9.89 Å². The van der Waals surface area contributed by atoms with Gasteiger partial charge in [-0.25, -0.2) is 4.79 Å². The summed E-state index contributed by atoms with van der Waals surface area (Å²) in [5.41, 5.74) is 0.523. The number of amides is 1. The smallest absolute Gasteiger partial charge is 0.434 e. The monoisotopic (exact) mass is 310 g/mol. The van der Waals surface area contributed by atoms with Gasteiger partial charge >= 0.3 is 6.09 Å². The largest absolute Gasteiger partial charge is 0.442 e. The number of ether oxygens (including phenoxy) is 2. The first-order valence-electron chi connectivity index (χ1n) is 8.43. The predicted molar refractivity (Wildman–Crippen MR) is 87.5 cm³/mol. The van der Waals surface area contributed by atoms with Crippen LogP contribution in [0.4, 0.5) is 4.79 Å². The molecule has 0 N–H and O–H groups in total. The van der Waals surface area contributed by atoms with Gasteiger partial charge in [-0.2, -0.15) is 4.99 Å². The van der Waals surface area contributed by atoms with Crippen LogP contribution in [0.25, 0.3) is 0 Å². The zero-order valence-corrected chi connectivity index (χ0v) is 14.4. The highest BCUT2D eigenvalue weighted by molar-refractivity contribution is 5.93. The van der Waals surface area contributed by atoms with Gasteiger partial charge in [0, 0.05) is 31.4 Å². The summed E-state index contributed by atoms with van der Waals surface area (Å²) in [6, 6.07) is 1.37. The van der Waals surface area contributed by atoms with Crippen LogP contribution >= 0.6 is 0 Å². The molecule has 0 spiro atoms. The lowest BCUT2D eigenvalue weighted by atomic mass is 9.92. The molecule has 22 heavy (non-hydrogen) atoms. The zero-order chi connectivity index (χ0) is 16.2. The van der Waals surface area contributed by atoms with Crippen LogP contribution in [0.2, 0.25) is 0 Å². The highest BCUT2D eigenvalue weighted by Crippen LogP contribution is 2.33. The van der Waals surface area contributed by atoms with Gasteiger partial charge in [0.1, 0.15) is 5.60 Å². The second-order valence-electron chi connectivity index (χ2n) is 7.35. The molecule has 0 radical (unpaired) electrons. The summed E-state index contributed by atoms with van der Waals surface area (Å²) in [4.78, 5) is 18.5. The Morgan fingerprint density at radius 1 is 1.18 bits per heavy atom. The summed E-state index contributed by atoms with van der Waals surface area (Å²) in [5.74, 6) is 0. The molecule has 126 valence electrons. The molecule has 0 aromatic rings. The first-order valence-corrected chi connectivity index (χ1v) is 8.43. The normalized spacial score (nSPS) is 22.8. The Balaban J connectivity index is 1.82. The van der Waals surface area contributed by atoms with Gasteiger partial charge in [-0.05, 0) is 59.3 Å². The van der Waals surface area contributed by atoms with Gasteiger partial charge in [0.15, 0.2) is 0 Å². The van der Waals surface area contributed by atoms with Gasteiger partial charge in [0.05, 0.1) is 6.61 Å². The minimum Gasteiger partial charge on any atom is -0.442 e. The third-order valence-electron chi connectivity index (χ3n) is 4.21. The molecular formula is C17H30N2O3. The van der Waals surface area contributed by atoms with Gasteiger partial charge in [0.2, 0.25) is 0 Å². The van der Waals surface area contributed by atoms with Crippen LogP contribution in [-0.2, 0) is 9.47 Å². The fourth-order valence-corrected chi connectivity index (χ4v) is 3.06. The molecule has 0 heterocycles. The molecule has 2 aliphatic rings. The van der Waals surface area contributed by atoms with Crippen LogP contribution in [0.1, 0.15) is 59.3 Å². The van der Waals surface area contributed by atoms with Crippen molar-refractivity contribution in [3.63, 3.8) is 0 Å². The van der Waals surface area contributed by atoms with E-state index in [1.165, 1.54) is 12.8 Å². The van der Waals surface area contributed by atoms with Crippen molar-refractivity contribution in [1.29, 1.82) is 0 Å². The van der Waals surface area contributed by atoms with Crippen molar-refractivity contribution >= 4 is 11.8 Å². The summed E-state index contributed by atoms with van der Waals surface area (Å²) in [6.45, 7) is 7.41. The van der Waals surface area contributed by atoms with E-state index in [9.17, 15) is 4.79 Å². The van der Waals surface area contributed by atoms with Crippen molar-refractivity contribution < 1.29 is 14.3 Å². The molecular weight excluding hydrogens is 280 g/mol. The molecule has 0 unspecified atom stereocenters. The topological polar surface area (TPSA) is 51.1 Å². The van der Waals surface area contributed by atoms with Gasteiger partial charge in [0.25, 0.3) is 0 Å². The van der Waals surface area contributed by atoms with Crippen molar-refractivity contribution in [2.45, 2.75) is 77.0 Å². The lowest BCUT2D eigenvalue weighted by molar-refractivity contribution is 0.0602. The molecule has 0 saturated heterocycles. The van der Waals surface area contributed by atoms with Crippen molar-refractivity contribution in [3.05, 3.63) is 0 Å². The second kappa shape index (κ2) is 7.55. The third kappa shape index (κ3) is 5.69. The SMILES string of the molecule is COCCN(C1CCC(=NC(=O)OC(C)(C)C)CC1)C1CC1. The molecule has 0 aromatic carbocycles. The number of methoxy groups -OCH3 is 1. The average Bonchev–Trinajstić information content (AvgIpc) is 3.23. The summed E-state index contributed by atoms with van der Waals surface area (Å²) < 4.78 is 10.5. The van der Waals surface area contributed by atoms with Crippen LogP contribution < -0.4 is 0 Å². The molecule has 0 atom stereocenters. The van der Waals surface area contributed by atoms with Crippen LogP contribution in [0.15, 0.2) is 4.99 Å². The van der Waals surface area contributed by atoms with Crippen molar-refractivity contribution in [1.82, 2.24) is 4.90 Å². The Kier molecular flexibility index (Phi) is 5.98. The van der Waals surface area contributed by atoms with Crippen molar-refractivity contribution in [3.8, 4) is 0 Å². The number of aliphatic imine (C=N–C) groups is 1. The molecule has 2 fully saturated rings. The van der Waals surface area contributed by atoms with E-state index < -0.39 is 11.7 Å². The van der Waals surface area contributed by atoms with E-state index in [-0.39, 0.29) is 0 Å². The molecule has 5 nitrogen and oxygen atoms in total. The highest BCUT2D eigenvalue weighted by Gasteiger charge is 2.35. The Bertz CT molecular complexity index is 401. The fourth-order valence-electron chi connectivity index (χ4n) is 3.06. The van der Waals surface area contributed by atoms with E-state index in [1.54, 1.807) is 7.11 Å². The number of hydrogen-bond donors (Lipinski definition) is 0. The van der Waals surface area contributed by atoms with Crippen LogP contribution in [0, 0.1) is 0 Å². The van der Waals surface area contributed by atoms with E-state index >= 15 is 0 Å². The van der Waals surface area contributed by atoms with Gasteiger partial charge < -0.3 is 9.47 Å². The maximum absolute atomic E-state index is 11.8. The Labute approximate surface area is 134 Å². The molecule has 2 aliphatic carbocycles. The number of hydrogen-bond acceptors (Lipinski definition) is 4. The lowest BCUT2D eigenvalue weighted by Gasteiger charge is -2.34. The summed E-state index contributed by atoms with van der Waals surface area (Å²) in [5, 5.41) is 0. The van der Waals surface area contributed by atoms with E-state index in [0.29, 0.717) is 6.04 Å². The number of carbonyl (C=O) groups is 1. The standard InChI is InChI=1S/C17H30N2O3/c1-17(2,3)22-16(20)18-13-5-7-14(8-6-13)19(11-12-21-4)15-9-10-15/h14-15H,5-12H2,1-4H3. The zero-order valence-electron chi connectivity index (χ0n) is 14.4. The van der Waals surface area contributed by atoms with Crippen molar-refractivity contribution in [2.75, 3.05) is 20.3 Å². The molecule has 0 bridgehead atoms. The van der Waals surface area contributed by atoms with Crippen LogP contribution in [-0.4, -0.2) is 54.7 Å². The first kappa shape index (κ1) is 17.4. The number of carbonyl (C=O) groups excluding carboxylic acids is 1. The maximum atomic E-state index is 11.8. The molecule has 5 heteroatoms. The number of rotatable bonds is 5.